The van der Waals surface area contributed by atoms with Crippen LogP contribution < -0.4 is 4.74 Å². The van der Waals surface area contributed by atoms with Crippen LogP contribution in [0, 0.1) is 11.3 Å². The van der Waals surface area contributed by atoms with Gasteiger partial charge in [-0.1, -0.05) is 12.1 Å². The van der Waals surface area contributed by atoms with Gasteiger partial charge < -0.3 is 20.1 Å². The van der Waals surface area contributed by atoms with Crippen LogP contribution in [0.4, 0.5) is 0 Å². The molecule has 24 heavy (non-hydrogen) atoms. The molecule has 0 saturated carbocycles. The highest BCUT2D eigenvalue weighted by molar-refractivity contribution is 7.99. The number of pyridine rings is 1. The van der Waals surface area contributed by atoms with Gasteiger partial charge >= 0.3 is 0 Å². The van der Waals surface area contributed by atoms with Crippen LogP contribution in [0.15, 0.2) is 42.7 Å². The minimum Gasteiger partial charge on any atom is -0.475 e. The van der Waals surface area contributed by atoms with Crippen molar-refractivity contribution in [3.8, 4) is 22.9 Å². The molecular formula is C17H16N2O4S. The van der Waals surface area contributed by atoms with Crippen molar-refractivity contribution in [1.29, 1.82) is 5.26 Å². The van der Waals surface area contributed by atoms with Crippen LogP contribution in [0.25, 0.3) is 11.1 Å². The molecule has 1 aromatic carbocycles. The summed E-state index contributed by atoms with van der Waals surface area (Å²) in [5.74, 6) is 0.734. The molecule has 124 valence electrons. The number of rotatable bonds is 3. The number of benzene rings is 1. The number of ether oxygens (including phenoxy) is 1. The summed E-state index contributed by atoms with van der Waals surface area (Å²) in [5, 5.41) is 38.4. The van der Waals surface area contributed by atoms with Gasteiger partial charge in [0.25, 0.3) is 0 Å². The normalized spacial score (nSPS) is 26.6. The first-order valence-corrected chi connectivity index (χ1v) is 8.42. The second kappa shape index (κ2) is 7.20. The third-order valence-corrected chi connectivity index (χ3v) is 5.04. The fourth-order valence-electron chi connectivity index (χ4n) is 2.44. The number of nitrogens with zero attached hydrogens (tertiary/aromatic N) is 2. The van der Waals surface area contributed by atoms with Gasteiger partial charge in [0, 0.05) is 17.5 Å². The number of aliphatic hydroxyl groups excluding tert-OH is 3. The predicted octanol–water partition coefficient (Wildman–Crippen LogP) is 1.15. The van der Waals surface area contributed by atoms with Crippen LogP contribution >= 0.6 is 11.8 Å². The number of aromatic nitrogens is 1. The molecule has 6 nitrogen and oxygen atoms in total. The summed E-state index contributed by atoms with van der Waals surface area (Å²) >= 11 is 1.23. The second-order valence-electron chi connectivity index (χ2n) is 5.43. The van der Waals surface area contributed by atoms with Gasteiger partial charge in [0.1, 0.15) is 18.0 Å². The van der Waals surface area contributed by atoms with Gasteiger partial charge in [-0.15, -0.1) is 11.8 Å². The summed E-state index contributed by atoms with van der Waals surface area (Å²) in [6, 6.07) is 10.9. The predicted molar refractivity (Wildman–Crippen MR) is 89.3 cm³/mol. The van der Waals surface area contributed by atoms with Gasteiger partial charge in [0.05, 0.1) is 23.9 Å². The molecule has 7 heteroatoms. The Morgan fingerprint density at radius 2 is 1.88 bits per heavy atom. The number of hydrogen-bond acceptors (Lipinski definition) is 7. The summed E-state index contributed by atoms with van der Waals surface area (Å²) in [7, 11) is 0. The van der Waals surface area contributed by atoms with Gasteiger partial charge in [-0.25, -0.2) is 0 Å². The van der Waals surface area contributed by atoms with Crippen molar-refractivity contribution in [2.45, 2.75) is 23.7 Å². The molecule has 0 aliphatic carbocycles. The monoisotopic (exact) mass is 344 g/mol. The third kappa shape index (κ3) is 3.37. The molecular weight excluding hydrogens is 328 g/mol. The van der Waals surface area contributed by atoms with E-state index in [1.54, 1.807) is 24.4 Å². The van der Waals surface area contributed by atoms with Crippen molar-refractivity contribution in [3.63, 3.8) is 0 Å². The van der Waals surface area contributed by atoms with Crippen LogP contribution in [0.1, 0.15) is 5.56 Å². The third-order valence-electron chi connectivity index (χ3n) is 3.81. The van der Waals surface area contributed by atoms with E-state index in [1.165, 1.54) is 18.0 Å². The Kier molecular flexibility index (Phi) is 5.02. The summed E-state index contributed by atoms with van der Waals surface area (Å²) < 4.78 is 5.84. The molecule has 0 bridgehead atoms. The second-order valence-corrected chi connectivity index (χ2v) is 6.56. The van der Waals surface area contributed by atoms with Crippen LogP contribution in [0.5, 0.6) is 5.75 Å². The van der Waals surface area contributed by atoms with E-state index in [0.717, 1.165) is 11.1 Å². The van der Waals surface area contributed by atoms with Crippen molar-refractivity contribution in [1.82, 2.24) is 4.98 Å². The molecule has 1 aliphatic rings. The van der Waals surface area contributed by atoms with Crippen molar-refractivity contribution in [2.24, 2.45) is 0 Å². The van der Waals surface area contributed by atoms with Crippen molar-refractivity contribution in [3.05, 3.63) is 48.3 Å². The Bertz CT molecular complexity index is 747. The fraction of sp³-hybridized carbons (Fsp3) is 0.294. The van der Waals surface area contributed by atoms with Gasteiger partial charge in [-0.3, -0.25) is 4.98 Å². The van der Waals surface area contributed by atoms with Gasteiger partial charge in [0.2, 0.25) is 0 Å². The maximum absolute atomic E-state index is 10.1. The van der Waals surface area contributed by atoms with Crippen molar-refractivity contribution in [2.75, 3.05) is 5.75 Å². The molecule has 3 N–H and O–H groups in total. The minimum absolute atomic E-state index is 0.273. The lowest BCUT2D eigenvalue weighted by molar-refractivity contribution is -0.0785. The molecule has 2 aromatic rings. The summed E-state index contributed by atoms with van der Waals surface area (Å²) in [6.45, 7) is 0. The Balaban J connectivity index is 1.85. The van der Waals surface area contributed by atoms with E-state index in [-0.39, 0.29) is 5.75 Å². The molecule has 2 heterocycles. The molecule has 0 unspecified atom stereocenters. The van der Waals surface area contributed by atoms with E-state index in [9.17, 15) is 15.3 Å². The first kappa shape index (κ1) is 16.7. The minimum atomic E-state index is -1.24. The average Bonchev–Trinajstić information content (AvgIpc) is 2.63. The number of thioether (sulfide) groups is 1. The summed E-state index contributed by atoms with van der Waals surface area (Å²) in [4.78, 5) is 4.05. The Morgan fingerprint density at radius 1 is 1.12 bits per heavy atom. The first-order valence-electron chi connectivity index (χ1n) is 7.37. The Labute approximate surface area is 143 Å². The van der Waals surface area contributed by atoms with Crippen LogP contribution in [0.2, 0.25) is 0 Å². The fourth-order valence-corrected chi connectivity index (χ4v) is 3.56. The largest absolute Gasteiger partial charge is 0.475 e. The summed E-state index contributed by atoms with van der Waals surface area (Å²) in [5.41, 5.74) is 1.47. The zero-order chi connectivity index (χ0) is 17.1. The lowest BCUT2D eigenvalue weighted by Crippen LogP contribution is -2.50. The van der Waals surface area contributed by atoms with Gasteiger partial charge in [-0.05, 0) is 23.8 Å². The van der Waals surface area contributed by atoms with Crippen LogP contribution in [-0.4, -0.2) is 49.8 Å². The highest BCUT2D eigenvalue weighted by Gasteiger charge is 2.38. The van der Waals surface area contributed by atoms with Crippen LogP contribution in [-0.2, 0) is 0 Å². The molecule has 0 spiro atoms. The van der Waals surface area contributed by atoms with E-state index < -0.39 is 23.7 Å². The number of nitriles is 1. The smallest absolute Gasteiger partial charge is 0.173 e. The SMILES string of the molecule is N#Cc1ccc(-c2ccncc2O[C@H]2SC[C@@H](O)[C@H](O)[C@H]2O)cc1. The highest BCUT2D eigenvalue weighted by atomic mass is 32.2. The molecule has 0 amide bonds. The average molecular weight is 344 g/mol. The number of hydrogen-bond donors (Lipinski definition) is 3. The maximum Gasteiger partial charge on any atom is 0.173 e. The Morgan fingerprint density at radius 3 is 2.58 bits per heavy atom. The lowest BCUT2D eigenvalue weighted by Gasteiger charge is -2.34. The quantitative estimate of drug-likeness (QED) is 0.767. The highest BCUT2D eigenvalue weighted by Crippen LogP contribution is 2.34. The van der Waals surface area contributed by atoms with Crippen LogP contribution in [0.3, 0.4) is 0 Å². The lowest BCUT2D eigenvalue weighted by atomic mass is 10.0. The van der Waals surface area contributed by atoms with E-state index in [4.69, 9.17) is 10.00 Å². The maximum atomic E-state index is 10.1. The van der Waals surface area contributed by atoms with E-state index in [2.05, 4.69) is 11.1 Å². The van der Waals surface area contributed by atoms with Crippen molar-refractivity contribution >= 4 is 11.8 Å². The standard InChI is InChI=1S/C17H16N2O4S/c18-7-10-1-3-11(4-2-10)12-5-6-19-8-14(12)23-17-16(22)15(21)13(20)9-24-17/h1-6,8,13,15-17,20-22H,9H2/t13-,15+,16-,17+/m1/s1. The molecule has 3 rings (SSSR count). The van der Waals surface area contributed by atoms with E-state index in [0.29, 0.717) is 11.3 Å². The summed E-state index contributed by atoms with van der Waals surface area (Å²) in [6.07, 6.45) is -0.252. The van der Waals surface area contributed by atoms with Gasteiger partial charge in [0.15, 0.2) is 5.44 Å². The molecule has 0 radical (unpaired) electrons. The first-order chi connectivity index (χ1) is 11.6. The molecule has 1 aromatic heterocycles. The number of aliphatic hydroxyl groups is 3. The molecule has 1 saturated heterocycles. The van der Waals surface area contributed by atoms with E-state index in [1.807, 2.05) is 12.1 Å². The topological polar surface area (TPSA) is 107 Å². The molecule has 1 fully saturated rings. The van der Waals surface area contributed by atoms with Crippen molar-refractivity contribution < 1.29 is 20.1 Å². The Hall–Kier alpha value is -2.11. The zero-order valence-electron chi connectivity index (χ0n) is 12.6. The zero-order valence-corrected chi connectivity index (χ0v) is 13.4. The van der Waals surface area contributed by atoms with Gasteiger partial charge in [-0.2, -0.15) is 5.26 Å². The molecule has 4 atom stereocenters. The molecule has 1 aliphatic heterocycles. The van der Waals surface area contributed by atoms with E-state index >= 15 is 0 Å².